The molecule has 36 heavy (non-hydrogen) atoms. The second kappa shape index (κ2) is 11.6. The third-order valence-corrected chi connectivity index (χ3v) is 6.99. The number of halogens is 2. The highest BCUT2D eigenvalue weighted by Gasteiger charge is 2.30. The summed E-state index contributed by atoms with van der Waals surface area (Å²) in [6, 6.07) is 10.9. The van der Waals surface area contributed by atoms with E-state index in [-0.39, 0.29) is 39.8 Å². The van der Waals surface area contributed by atoms with Crippen molar-refractivity contribution in [3.8, 4) is 0 Å². The lowest BCUT2D eigenvalue weighted by Gasteiger charge is -2.16. The fraction of sp³-hybridized carbons (Fsp3) is 0.308. The van der Waals surface area contributed by atoms with Gasteiger partial charge in [0.2, 0.25) is 0 Å². The lowest BCUT2D eigenvalue weighted by molar-refractivity contribution is -0.139. The van der Waals surface area contributed by atoms with Gasteiger partial charge in [-0.25, -0.2) is 9.78 Å². The highest BCUT2D eigenvalue weighted by atomic mass is 35.5. The van der Waals surface area contributed by atoms with Crippen molar-refractivity contribution >= 4 is 46.8 Å². The number of hydrogen-bond acceptors (Lipinski definition) is 5. The third kappa shape index (κ3) is 6.44. The van der Waals surface area contributed by atoms with Crippen LogP contribution in [-0.4, -0.2) is 44.8 Å². The fourth-order valence-corrected chi connectivity index (χ4v) is 5.03. The number of nitrogens with zero attached hydrogens (tertiary/aromatic N) is 1. The number of imidazole rings is 1. The Labute approximate surface area is 218 Å². The summed E-state index contributed by atoms with van der Waals surface area (Å²) in [5, 5.41) is 15.7. The van der Waals surface area contributed by atoms with Crippen LogP contribution in [0.3, 0.4) is 0 Å². The molecule has 4 N–H and O–H groups in total. The number of carbonyl (C=O) groups excluding carboxylic acids is 2. The van der Waals surface area contributed by atoms with Gasteiger partial charge >= 0.3 is 5.97 Å². The zero-order valence-corrected chi connectivity index (χ0v) is 20.9. The van der Waals surface area contributed by atoms with Crippen molar-refractivity contribution in [1.29, 1.82) is 0 Å². The van der Waals surface area contributed by atoms with Crippen molar-refractivity contribution in [2.24, 2.45) is 5.92 Å². The highest BCUT2D eigenvalue weighted by molar-refractivity contribution is 6.39. The maximum atomic E-state index is 12.8. The van der Waals surface area contributed by atoms with E-state index in [2.05, 4.69) is 20.6 Å². The molecule has 3 aromatic rings. The first-order chi connectivity index (χ1) is 17.3. The summed E-state index contributed by atoms with van der Waals surface area (Å²) in [4.78, 5) is 44.4. The Balaban J connectivity index is 1.32. The molecule has 1 aliphatic rings. The van der Waals surface area contributed by atoms with Crippen molar-refractivity contribution in [2.45, 2.75) is 44.2 Å². The molecule has 1 aromatic heterocycles. The number of ketones is 1. The summed E-state index contributed by atoms with van der Waals surface area (Å²) in [5.74, 6) is -0.921. The molecule has 188 valence electrons. The first kappa shape index (κ1) is 25.7. The van der Waals surface area contributed by atoms with Crippen LogP contribution in [0.4, 0.5) is 5.95 Å². The van der Waals surface area contributed by atoms with Crippen molar-refractivity contribution in [3.63, 3.8) is 0 Å². The molecule has 1 amide bonds. The number of carbonyl (C=O) groups is 3. The quantitative estimate of drug-likeness (QED) is 0.306. The van der Waals surface area contributed by atoms with Gasteiger partial charge in [0.15, 0.2) is 5.95 Å². The molecular formula is C26H26Cl2N4O4. The average Bonchev–Trinajstić information content (AvgIpc) is 3.52. The minimum absolute atomic E-state index is 0.000349. The van der Waals surface area contributed by atoms with E-state index >= 15 is 0 Å². The second-order valence-corrected chi connectivity index (χ2v) is 9.73. The normalized spacial score (nSPS) is 17.9. The smallest absolute Gasteiger partial charge is 0.326 e. The Hall–Kier alpha value is -3.36. The van der Waals surface area contributed by atoms with E-state index in [1.54, 1.807) is 30.6 Å². The van der Waals surface area contributed by atoms with Crippen molar-refractivity contribution in [2.75, 3.05) is 5.32 Å². The molecule has 1 heterocycles. The van der Waals surface area contributed by atoms with E-state index < -0.39 is 17.9 Å². The first-order valence-electron chi connectivity index (χ1n) is 11.6. The van der Waals surface area contributed by atoms with Gasteiger partial charge in [-0.3, -0.25) is 9.59 Å². The topological polar surface area (TPSA) is 124 Å². The number of carboxylic acids is 1. The van der Waals surface area contributed by atoms with Crippen LogP contribution in [0.2, 0.25) is 10.0 Å². The Morgan fingerprint density at radius 2 is 1.75 bits per heavy atom. The summed E-state index contributed by atoms with van der Waals surface area (Å²) in [6.45, 7) is 0. The SMILES string of the molecule is O=C(N[C@@H](Cc1ccc(CC(=O)[C@@H]2CC[C@@H](Nc3ncc[nH]3)C2)cc1)C(=O)O)c1c(Cl)cccc1Cl. The van der Waals surface area contributed by atoms with Crippen molar-refractivity contribution < 1.29 is 19.5 Å². The van der Waals surface area contributed by atoms with Gasteiger partial charge in [-0.15, -0.1) is 0 Å². The summed E-state index contributed by atoms with van der Waals surface area (Å²) in [5.41, 5.74) is 1.62. The van der Waals surface area contributed by atoms with E-state index in [1.807, 2.05) is 12.1 Å². The number of rotatable bonds is 10. The first-order valence-corrected chi connectivity index (χ1v) is 12.4. The Morgan fingerprint density at radius 3 is 2.39 bits per heavy atom. The maximum Gasteiger partial charge on any atom is 0.326 e. The predicted molar refractivity (Wildman–Crippen MR) is 138 cm³/mol. The number of amides is 1. The number of H-pyrrole nitrogens is 1. The van der Waals surface area contributed by atoms with Gasteiger partial charge in [0.05, 0.1) is 15.6 Å². The minimum Gasteiger partial charge on any atom is -0.480 e. The fourth-order valence-electron chi connectivity index (χ4n) is 4.46. The molecule has 0 aliphatic heterocycles. The molecule has 2 aromatic carbocycles. The summed E-state index contributed by atoms with van der Waals surface area (Å²) < 4.78 is 0. The molecule has 1 fully saturated rings. The standard InChI is InChI=1S/C26H26Cl2N4O4/c27-19-2-1-3-20(28)23(19)24(34)32-21(25(35)36)12-15-4-6-16(7-5-15)13-22(33)17-8-9-18(14-17)31-26-29-10-11-30-26/h1-7,10-11,17-18,21H,8-9,12-14H2,(H,32,34)(H,35,36)(H2,29,30,31)/t17-,18-,21+/m1/s1. The van der Waals surface area contributed by atoms with Crippen LogP contribution in [0.5, 0.6) is 0 Å². The van der Waals surface area contributed by atoms with Crippen LogP contribution in [0.15, 0.2) is 54.9 Å². The van der Waals surface area contributed by atoms with Crippen LogP contribution in [-0.2, 0) is 22.4 Å². The molecule has 1 aliphatic carbocycles. The lowest BCUT2D eigenvalue weighted by atomic mass is 9.95. The second-order valence-electron chi connectivity index (χ2n) is 8.91. The number of aliphatic carboxylic acids is 1. The number of carboxylic acid groups (broad SMARTS) is 1. The number of anilines is 1. The summed E-state index contributed by atoms with van der Waals surface area (Å²) >= 11 is 12.1. The van der Waals surface area contributed by atoms with Crippen molar-refractivity contribution in [1.82, 2.24) is 15.3 Å². The molecule has 0 radical (unpaired) electrons. The maximum absolute atomic E-state index is 12.8. The molecule has 0 spiro atoms. The predicted octanol–water partition coefficient (Wildman–Crippen LogP) is 4.53. The number of Topliss-reactive ketones (excluding diaryl/α,β-unsaturated/α-hetero) is 1. The summed E-state index contributed by atoms with van der Waals surface area (Å²) in [7, 11) is 0. The van der Waals surface area contributed by atoms with Crippen molar-refractivity contribution in [3.05, 3.63) is 81.6 Å². The van der Waals surface area contributed by atoms with Gasteiger partial charge < -0.3 is 20.7 Å². The van der Waals surface area contributed by atoms with Gasteiger partial charge in [0.25, 0.3) is 5.91 Å². The number of nitrogens with one attached hydrogen (secondary N) is 3. The van der Waals surface area contributed by atoms with E-state index in [4.69, 9.17) is 23.2 Å². The largest absolute Gasteiger partial charge is 0.480 e. The Kier molecular flexibility index (Phi) is 8.28. The number of aromatic nitrogens is 2. The van der Waals surface area contributed by atoms with Gasteiger partial charge in [0, 0.05) is 37.2 Å². The molecule has 0 bridgehead atoms. The molecule has 1 saturated carbocycles. The number of hydrogen-bond donors (Lipinski definition) is 4. The third-order valence-electron chi connectivity index (χ3n) is 6.36. The van der Waals surface area contributed by atoms with Crippen LogP contribution in [0.1, 0.15) is 40.7 Å². The van der Waals surface area contributed by atoms with Gasteiger partial charge in [-0.1, -0.05) is 53.5 Å². The van der Waals surface area contributed by atoms with Crippen LogP contribution < -0.4 is 10.6 Å². The van der Waals surface area contributed by atoms with Gasteiger partial charge in [-0.2, -0.15) is 0 Å². The Bertz CT molecular complexity index is 1210. The molecule has 4 rings (SSSR count). The van der Waals surface area contributed by atoms with E-state index in [0.29, 0.717) is 12.0 Å². The zero-order chi connectivity index (χ0) is 25.7. The van der Waals surface area contributed by atoms with E-state index in [0.717, 1.165) is 30.8 Å². The average molecular weight is 529 g/mol. The van der Waals surface area contributed by atoms with Gasteiger partial charge in [0.1, 0.15) is 11.8 Å². The minimum atomic E-state index is -1.18. The Morgan fingerprint density at radius 1 is 1.06 bits per heavy atom. The summed E-state index contributed by atoms with van der Waals surface area (Å²) in [6.07, 6.45) is 6.35. The monoisotopic (exact) mass is 528 g/mol. The number of aromatic amines is 1. The lowest BCUT2D eigenvalue weighted by Crippen LogP contribution is -2.42. The van der Waals surface area contributed by atoms with E-state index in [1.165, 1.54) is 12.1 Å². The molecule has 8 nitrogen and oxygen atoms in total. The molecule has 3 atom stereocenters. The van der Waals surface area contributed by atoms with Gasteiger partial charge in [-0.05, 0) is 42.5 Å². The molecule has 10 heteroatoms. The zero-order valence-electron chi connectivity index (χ0n) is 19.3. The molecule has 0 unspecified atom stereocenters. The molecular weight excluding hydrogens is 503 g/mol. The highest BCUT2D eigenvalue weighted by Crippen LogP contribution is 2.29. The molecule has 0 saturated heterocycles. The number of benzene rings is 2. The van der Waals surface area contributed by atoms with Crippen LogP contribution in [0, 0.1) is 5.92 Å². The van der Waals surface area contributed by atoms with E-state index in [9.17, 15) is 19.5 Å². The van der Waals surface area contributed by atoms with Crippen LogP contribution >= 0.6 is 23.2 Å². The van der Waals surface area contributed by atoms with Crippen LogP contribution in [0.25, 0.3) is 0 Å².